The molecule has 1 aromatic rings. The lowest BCUT2D eigenvalue weighted by Gasteiger charge is -2.08. The Morgan fingerprint density at radius 2 is 2.22 bits per heavy atom. The van der Waals surface area contributed by atoms with Gasteiger partial charge in [0.25, 0.3) is 0 Å². The van der Waals surface area contributed by atoms with E-state index in [1.54, 1.807) is 7.05 Å². The lowest BCUT2D eigenvalue weighted by molar-refractivity contribution is 0.665. The zero-order valence-electron chi connectivity index (χ0n) is 10.9. The van der Waals surface area contributed by atoms with Crippen LogP contribution in [0.5, 0.6) is 0 Å². The highest BCUT2D eigenvalue weighted by atomic mass is 32.1. The third kappa shape index (κ3) is 4.31. The Bertz CT molecular complexity index is 425. The fraction of sp³-hybridized carbons (Fsp3) is 0.545. The second-order valence-corrected chi connectivity index (χ2v) is 4.69. The lowest BCUT2D eigenvalue weighted by atomic mass is 10.2. The number of aryl methyl sites for hydroxylation is 2. The van der Waals surface area contributed by atoms with Gasteiger partial charge in [0.15, 0.2) is 6.19 Å². The minimum atomic E-state index is 0.490. The quantitative estimate of drug-likeness (QED) is 0.237. The molecule has 6 nitrogen and oxygen atoms in total. The highest BCUT2D eigenvalue weighted by molar-refractivity contribution is 7.05. The van der Waals surface area contributed by atoms with E-state index in [1.165, 1.54) is 22.0 Å². The summed E-state index contributed by atoms with van der Waals surface area (Å²) in [6, 6.07) is 0. The smallest absolute Gasteiger partial charge is 0.204 e. The Labute approximate surface area is 111 Å². The number of guanidine groups is 1. The van der Waals surface area contributed by atoms with Gasteiger partial charge in [0.05, 0.1) is 5.69 Å². The van der Waals surface area contributed by atoms with Gasteiger partial charge in [0.1, 0.15) is 0 Å². The summed E-state index contributed by atoms with van der Waals surface area (Å²) in [6.45, 7) is 6.42. The fourth-order valence-corrected chi connectivity index (χ4v) is 2.18. The van der Waals surface area contributed by atoms with E-state index in [1.807, 2.05) is 13.1 Å². The van der Waals surface area contributed by atoms with Crippen LogP contribution in [-0.2, 0) is 6.54 Å². The van der Waals surface area contributed by atoms with Crippen molar-refractivity contribution < 1.29 is 0 Å². The maximum Gasteiger partial charge on any atom is 0.204 e. The van der Waals surface area contributed by atoms with Crippen molar-refractivity contribution in [3.05, 3.63) is 16.1 Å². The molecule has 3 N–H and O–H groups in total. The summed E-state index contributed by atoms with van der Waals surface area (Å²) in [5, 5.41) is 17.3. The van der Waals surface area contributed by atoms with Gasteiger partial charge in [-0.1, -0.05) is 0 Å². The van der Waals surface area contributed by atoms with E-state index < -0.39 is 0 Å². The molecule has 1 aromatic heterocycles. The van der Waals surface area contributed by atoms with E-state index in [-0.39, 0.29) is 0 Å². The molecule has 1 heterocycles. The molecule has 0 fully saturated rings. The van der Waals surface area contributed by atoms with Crippen molar-refractivity contribution in [2.45, 2.75) is 20.4 Å². The molecule has 0 spiro atoms. The molecule has 0 amide bonds. The zero-order chi connectivity index (χ0) is 13.4. The summed E-state index contributed by atoms with van der Waals surface area (Å²) in [7, 11) is 1.63. The molecular weight excluding hydrogens is 248 g/mol. The predicted octanol–water partition coefficient (Wildman–Crippen LogP) is 0.496. The van der Waals surface area contributed by atoms with Crippen LogP contribution < -0.4 is 16.0 Å². The van der Waals surface area contributed by atoms with Gasteiger partial charge in [0, 0.05) is 37.1 Å². The van der Waals surface area contributed by atoms with Gasteiger partial charge in [-0.3, -0.25) is 10.3 Å². The van der Waals surface area contributed by atoms with Crippen LogP contribution >= 0.6 is 11.5 Å². The van der Waals surface area contributed by atoms with Gasteiger partial charge < -0.3 is 10.6 Å². The number of nitrogens with one attached hydrogen (secondary N) is 3. The normalized spacial score (nSPS) is 11.1. The molecule has 0 aromatic carbocycles. The van der Waals surface area contributed by atoms with Crippen molar-refractivity contribution in [2.24, 2.45) is 4.99 Å². The van der Waals surface area contributed by atoms with E-state index in [0.717, 1.165) is 18.8 Å². The number of rotatable bonds is 5. The first kappa shape index (κ1) is 14.4. The molecule has 0 aliphatic heterocycles. The Kier molecular flexibility index (Phi) is 6.11. The molecule has 7 heteroatoms. The first-order valence-electron chi connectivity index (χ1n) is 5.67. The summed E-state index contributed by atoms with van der Waals surface area (Å²) in [6.07, 6.45) is 1.83. The lowest BCUT2D eigenvalue weighted by Crippen LogP contribution is -2.38. The van der Waals surface area contributed by atoms with E-state index >= 15 is 0 Å². The second kappa shape index (κ2) is 7.63. The minimum absolute atomic E-state index is 0.490. The number of nitriles is 1. The summed E-state index contributed by atoms with van der Waals surface area (Å²) in [5.74, 6) is 0.490. The molecule has 0 aliphatic carbocycles. The van der Waals surface area contributed by atoms with E-state index in [0.29, 0.717) is 12.5 Å². The summed E-state index contributed by atoms with van der Waals surface area (Å²) < 4.78 is 4.30. The molecule has 1 rings (SSSR count). The van der Waals surface area contributed by atoms with Crippen LogP contribution in [0.2, 0.25) is 0 Å². The summed E-state index contributed by atoms with van der Waals surface area (Å²) in [4.78, 5) is 5.15. The number of hydrogen-bond donors (Lipinski definition) is 3. The van der Waals surface area contributed by atoms with Crippen molar-refractivity contribution in [1.82, 2.24) is 20.3 Å². The molecule has 98 valence electrons. The average molecular weight is 266 g/mol. The topological polar surface area (TPSA) is 85.1 Å². The first-order chi connectivity index (χ1) is 8.69. The van der Waals surface area contributed by atoms with E-state index in [4.69, 9.17) is 5.26 Å². The van der Waals surface area contributed by atoms with E-state index in [2.05, 4.69) is 32.2 Å². The maximum absolute atomic E-state index is 8.45. The van der Waals surface area contributed by atoms with Crippen LogP contribution in [-0.4, -0.2) is 30.5 Å². The van der Waals surface area contributed by atoms with Crippen LogP contribution in [0, 0.1) is 25.3 Å². The average Bonchev–Trinajstić information content (AvgIpc) is 2.68. The van der Waals surface area contributed by atoms with Crippen molar-refractivity contribution in [3.8, 4) is 6.19 Å². The standard InChI is InChI=1S/C11H18N6S/c1-8-10(9(2)18-17-8)6-14-4-5-15-11(13-3)16-7-12/h14H,4-6H2,1-3H3,(H2,13,15,16). The van der Waals surface area contributed by atoms with Gasteiger partial charge in [-0.15, -0.1) is 0 Å². The zero-order valence-corrected chi connectivity index (χ0v) is 11.7. The molecule has 0 aliphatic rings. The summed E-state index contributed by atoms with van der Waals surface area (Å²) in [5.41, 5.74) is 2.37. The van der Waals surface area contributed by atoms with Crippen LogP contribution in [0.4, 0.5) is 0 Å². The second-order valence-electron chi connectivity index (χ2n) is 3.72. The summed E-state index contributed by atoms with van der Waals surface area (Å²) >= 11 is 1.54. The van der Waals surface area contributed by atoms with Crippen molar-refractivity contribution in [1.29, 1.82) is 5.26 Å². The molecular formula is C11H18N6S. The minimum Gasteiger partial charge on any atom is -0.354 e. The molecule has 0 saturated heterocycles. The SMILES string of the molecule is CN=C(NC#N)NCCNCc1c(C)nsc1C. The van der Waals surface area contributed by atoms with Crippen molar-refractivity contribution in [3.63, 3.8) is 0 Å². The Morgan fingerprint density at radius 1 is 1.44 bits per heavy atom. The molecule has 0 radical (unpaired) electrons. The van der Waals surface area contributed by atoms with Crippen LogP contribution in [0.1, 0.15) is 16.1 Å². The highest BCUT2D eigenvalue weighted by Gasteiger charge is 2.05. The molecule has 0 unspecified atom stereocenters. The third-order valence-corrected chi connectivity index (χ3v) is 3.36. The van der Waals surface area contributed by atoms with Gasteiger partial charge in [-0.25, -0.2) is 0 Å². The molecule has 0 saturated carbocycles. The predicted molar refractivity (Wildman–Crippen MR) is 73.4 cm³/mol. The van der Waals surface area contributed by atoms with Crippen LogP contribution in [0.3, 0.4) is 0 Å². The molecule has 0 bridgehead atoms. The van der Waals surface area contributed by atoms with Crippen LogP contribution in [0.15, 0.2) is 4.99 Å². The maximum atomic E-state index is 8.45. The van der Waals surface area contributed by atoms with Gasteiger partial charge in [0.2, 0.25) is 5.96 Å². The molecule has 18 heavy (non-hydrogen) atoms. The van der Waals surface area contributed by atoms with Gasteiger partial charge in [-0.05, 0) is 25.4 Å². The Hall–Kier alpha value is -1.65. The van der Waals surface area contributed by atoms with Gasteiger partial charge >= 0.3 is 0 Å². The van der Waals surface area contributed by atoms with Crippen LogP contribution in [0.25, 0.3) is 0 Å². The van der Waals surface area contributed by atoms with Crippen molar-refractivity contribution >= 4 is 17.5 Å². The largest absolute Gasteiger partial charge is 0.354 e. The van der Waals surface area contributed by atoms with Gasteiger partial charge in [-0.2, -0.15) is 9.64 Å². The fourth-order valence-electron chi connectivity index (χ4n) is 1.47. The Morgan fingerprint density at radius 3 is 2.78 bits per heavy atom. The third-order valence-electron chi connectivity index (χ3n) is 2.48. The number of hydrogen-bond acceptors (Lipinski definition) is 5. The Balaban J connectivity index is 2.22. The number of nitrogens with zero attached hydrogens (tertiary/aromatic N) is 3. The highest BCUT2D eigenvalue weighted by Crippen LogP contribution is 2.16. The first-order valence-corrected chi connectivity index (χ1v) is 6.44. The monoisotopic (exact) mass is 266 g/mol. The van der Waals surface area contributed by atoms with E-state index in [9.17, 15) is 0 Å². The molecule has 0 atom stereocenters. The number of aliphatic imine (C=N–C) groups is 1. The number of aromatic nitrogens is 1. The van der Waals surface area contributed by atoms with Crippen molar-refractivity contribution in [2.75, 3.05) is 20.1 Å².